The summed E-state index contributed by atoms with van der Waals surface area (Å²) in [6.45, 7) is 4.00. The van der Waals surface area contributed by atoms with Gasteiger partial charge < -0.3 is 0 Å². The Morgan fingerprint density at radius 2 is 2.14 bits per heavy atom. The monoisotopic (exact) mass is 309 g/mol. The molecule has 3 rings (SSSR count). The number of fused-ring (bicyclic) bond motifs is 2. The van der Waals surface area contributed by atoms with Crippen LogP contribution in [0.5, 0.6) is 0 Å². The molecular weight excluding hydrogens is 290 g/mol. The van der Waals surface area contributed by atoms with E-state index in [1.165, 1.54) is 18.3 Å². The number of Topliss-reactive ketones (excluding diaryl/α,β-unsaturated/α-hetero) is 1. The Bertz CT molecular complexity index is 716. The van der Waals surface area contributed by atoms with Crippen molar-refractivity contribution in [2.24, 2.45) is 16.7 Å². The second kappa shape index (κ2) is 4.29. The molecule has 0 spiro atoms. The van der Waals surface area contributed by atoms with E-state index in [1.807, 2.05) is 13.8 Å². The fraction of sp³-hybridized carbons (Fsp3) is 0.600. The first kappa shape index (κ1) is 14.5. The maximum Gasteiger partial charge on any atom is 0.240 e. The standard InChI is InChI=1S/C15H19NO4S/c1-14(2)11-5-6-15(14,13(18)8-11)10-21(19,20)16-7-3-4-12(16)9-17/h3-4,7,9,11H,5-6,8,10H2,1-2H3/t11-,15-/m1/s1. The van der Waals surface area contributed by atoms with E-state index < -0.39 is 15.4 Å². The molecule has 0 saturated heterocycles. The van der Waals surface area contributed by atoms with E-state index >= 15 is 0 Å². The van der Waals surface area contributed by atoms with Crippen LogP contribution in [0.2, 0.25) is 0 Å². The van der Waals surface area contributed by atoms with Gasteiger partial charge in [0.15, 0.2) is 6.29 Å². The number of hydrogen-bond acceptors (Lipinski definition) is 4. The highest BCUT2D eigenvalue weighted by atomic mass is 32.2. The Balaban J connectivity index is 2.03. The van der Waals surface area contributed by atoms with Crippen LogP contribution in [0.25, 0.3) is 0 Å². The van der Waals surface area contributed by atoms with Crippen LogP contribution in [0.15, 0.2) is 18.3 Å². The fourth-order valence-corrected chi connectivity index (χ4v) is 6.33. The van der Waals surface area contributed by atoms with Crippen molar-refractivity contribution in [2.45, 2.75) is 33.1 Å². The topological polar surface area (TPSA) is 73.2 Å². The van der Waals surface area contributed by atoms with Gasteiger partial charge in [0.2, 0.25) is 10.0 Å². The Hall–Kier alpha value is -1.43. The summed E-state index contributed by atoms with van der Waals surface area (Å²) in [5.41, 5.74) is -1.00. The van der Waals surface area contributed by atoms with Crippen LogP contribution in [-0.2, 0) is 14.8 Å². The van der Waals surface area contributed by atoms with Crippen LogP contribution in [0.4, 0.5) is 0 Å². The van der Waals surface area contributed by atoms with Gasteiger partial charge in [0.05, 0.1) is 16.9 Å². The highest BCUT2D eigenvalue weighted by Crippen LogP contribution is 2.64. The third kappa shape index (κ3) is 1.78. The quantitative estimate of drug-likeness (QED) is 0.796. The van der Waals surface area contributed by atoms with Crippen molar-refractivity contribution in [3.8, 4) is 0 Å². The van der Waals surface area contributed by atoms with Crippen molar-refractivity contribution in [3.05, 3.63) is 24.0 Å². The van der Waals surface area contributed by atoms with E-state index in [9.17, 15) is 18.0 Å². The molecule has 1 heterocycles. The molecule has 2 fully saturated rings. The molecular formula is C15H19NO4S. The highest BCUT2D eigenvalue weighted by Gasteiger charge is 2.65. The largest absolute Gasteiger partial charge is 0.299 e. The average Bonchev–Trinajstić information content (AvgIpc) is 3.01. The zero-order chi connectivity index (χ0) is 15.5. The van der Waals surface area contributed by atoms with Gasteiger partial charge in [0.25, 0.3) is 0 Å². The van der Waals surface area contributed by atoms with E-state index in [4.69, 9.17) is 0 Å². The molecule has 0 unspecified atom stereocenters. The minimum Gasteiger partial charge on any atom is -0.299 e. The summed E-state index contributed by atoms with van der Waals surface area (Å²) < 4.78 is 26.4. The van der Waals surface area contributed by atoms with Crippen molar-refractivity contribution in [1.29, 1.82) is 0 Å². The summed E-state index contributed by atoms with van der Waals surface area (Å²) in [6.07, 6.45) is 3.90. The molecule has 6 heteroatoms. The van der Waals surface area contributed by atoms with Crippen molar-refractivity contribution < 1.29 is 18.0 Å². The van der Waals surface area contributed by atoms with Gasteiger partial charge in [-0.15, -0.1) is 0 Å². The van der Waals surface area contributed by atoms with Crippen LogP contribution in [0.3, 0.4) is 0 Å². The summed E-state index contributed by atoms with van der Waals surface area (Å²) in [4.78, 5) is 23.4. The molecule has 0 amide bonds. The van der Waals surface area contributed by atoms with E-state index in [1.54, 1.807) is 0 Å². The molecule has 0 radical (unpaired) electrons. The van der Waals surface area contributed by atoms with Gasteiger partial charge >= 0.3 is 0 Å². The number of ketones is 1. The Labute approximate surface area is 124 Å². The van der Waals surface area contributed by atoms with E-state index in [2.05, 4.69) is 0 Å². The van der Waals surface area contributed by atoms with Crippen LogP contribution in [-0.4, -0.2) is 30.2 Å². The predicted molar refractivity (Wildman–Crippen MR) is 77.6 cm³/mol. The lowest BCUT2D eigenvalue weighted by atomic mass is 9.70. The number of carbonyl (C=O) groups excluding carboxylic acids is 2. The molecule has 114 valence electrons. The van der Waals surface area contributed by atoms with Crippen LogP contribution in [0, 0.1) is 16.7 Å². The Morgan fingerprint density at radius 3 is 2.67 bits per heavy atom. The molecule has 2 aliphatic carbocycles. The van der Waals surface area contributed by atoms with E-state index in [0.717, 1.165) is 10.4 Å². The third-order valence-corrected chi connectivity index (χ3v) is 7.52. The molecule has 21 heavy (non-hydrogen) atoms. The molecule has 2 atom stereocenters. The molecule has 5 nitrogen and oxygen atoms in total. The number of rotatable bonds is 4. The summed E-state index contributed by atoms with van der Waals surface area (Å²) in [7, 11) is -3.73. The number of aromatic nitrogens is 1. The summed E-state index contributed by atoms with van der Waals surface area (Å²) in [5.74, 6) is 0.125. The Kier molecular flexibility index (Phi) is 2.96. The maximum absolute atomic E-state index is 12.7. The average molecular weight is 309 g/mol. The van der Waals surface area contributed by atoms with Crippen molar-refractivity contribution in [1.82, 2.24) is 3.97 Å². The fourth-order valence-electron chi connectivity index (χ4n) is 4.21. The normalized spacial score (nSPS) is 30.8. The highest BCUT2D eigenvalue weighted by molar-refractivity contribution is 7.90. The van der Waals surface area contributed by atoms with Gasteiger partial charge in [-0.2, -0.15) is 0 Å². The SMILES string of the molecule is CC1(C)[C@@H]2CC[C@@]1(CS(=O)(=O)n1cccc1C=O)C(=O)C2. The first-order chi connectivity index (χ1) is 9.74. The maximum atomic E-state index is 12.7. The Morgan fingerprint density at radius 1 is 1.43 bits per heavy atom. The van der Waals surface area contributed by atoms with Gasteiger partial charge in [-0.05, 0) is 36.3 Å². The first-order valence-electron chi connectivity index (χ1n) is 7.14. The van der Waals surface area contributed by atoms with E-state index in [-0.39, 0.29) is 28.6 Å². The lowest BCUT2D eigenvalue weighted by Crippen LogP contribution is -2.43. The number of nitrogens with zero attached hydrogens (tertiary/aromatic N) is 1. The molecule has 0 N–H and O–H groups in total. The van der Waals surface area contributed by atoms with E-state index in [0.29, 0.717) is 19.1 Å². The zero-order valence-electron chi connectivity index (χ0n) is 12.2. The minimum absolute atomic E-state index is 0.0622. The molecule has 2 bridgehead atoms. The lowest BCUT2D eigenvalue weighted by Gasteiger charge is -2.36. The van der Waals surface area contributed by atoms with Gasteiger partial charge in [-0.1, -0.05) is 13.8 Å². The van der Waals surface area contributed by atoms with Gasteiger partial charge in [0, 0.05) is 12.6 Å². The zero-order valence-corrected chi connectivity index (χ0v) is 13.0. The van der Waals surface area contributed by atoms with Crippen LogP contribution >= 0.6 is 0 Å². The summed E-state index contributed by atoms with van der Waals surface area (Å²) >= 11 is 0. The summed E-state index contributed by atoms with van der Waals surface area (Å²) in [6, 6.07) is 2.99. The molecule has 2 aliphatic rings. The van der Waals surface area contributed by atoms with Gasteiger partial charge in [-0.3, -0.25) is 9.59 Å². The molecule has 1 aromatic heterocycles. The third-order valence-electron chi connectivity index (χ3n) is 5.73. The predicted octanol–water partition coefficient (Wildman–Crippen LogP) is 1.87. The lowest BCUT2D eigenvalue weighted by molar-refractivity contribution is -0.128. The van der Waals surface area contributed by atoms with Crippen LogP contribution in [0.1, 0.15) is 43.6 Å². The van der Waals surface area contributed by atoms with Gasteiger partial charge in [0.1, 0.15) is 5.78 Å². The number of carbonyl (C=O) groups is 2. The second-order valence-electron chi connectivity index (χ2n) is 6.77. The smallest absolute Gasteiger partial charge is 0.240 e. The number of aldehydes is 1. The molecule has 0 aliphatic heterocycles. The number of hydrogen-bond donors (Lipinski definition) is 0. The first-order valence-corrected chi connectivity index (χ1v) is 8.75. The van der Waals surface area contributed by atoms with Crippen LogP contribution < -0.4 is 0 Å². The molecule has 2 saturated carbocycles. The second-order valence-corrected chi connectivity index (χ2v) is 8.62. The van der Waals surface area contributed by atoms with Gasteiger partial charge in [-0.25, -0.2) is 12.4 Å². The molecule has 1 aromatic rings. The minimum atomic E-state index is -3.73. The van der Waals surface area contributed by atoms with Crippen molar-refractivity contribution >= 4 is 22.1 Å². The van der Waals surface area contributed by atoms with Crippen molar-refractivity contribution in [2.75, 3.05) is 5.75 Å². The van der Waals surface area contributed by atoms with Crippen molar-refractivity contribution in [3.63, 3.8) is 0 Å². The summed E-state index contributed by atoms with van der Waals surface area (Å²) in [5, 5.41) is 0. The molecule has 0 aromatic carbocycles.